The molecule has 3 N–H and O–H groups in total. The summed E-state index contributed by atoms with van der Waals surface area (Å²) in [5.41, 5.74) is -7.97. The Hall–Kier alpha value is -2.37. The van der Waals surface area contributed by atoms with Gasteiger partial charge in [-0.2, -0.15) is 47.9 Å². The smallest absolute Gasteiger partial charge is 0.426 e. The zero-order chi connectivity index (χ0) is 26.5. The van der Waals surface area contributed by atoms with Crippen molar-refractivity contribution in [3.05, 3.63) is 35.1 Å². The second-order valence-corrected chi connectivity index (χ2v) is 8.29. The van der Waals surface area contributed by atoms with Gasteiger partial charge in [-0.05, 0) is 29.1 Å². The van der Waals surface area contributed by atoms with Crippen LogP contribution in [-0.2, 0) is 27.6 Å². The van der Waals surface area contributed by atoms with Crippen LogP contribution in [0.5, 0.6) is 5.75 Å². The largest absolute Gasteiger partial charge is 0.505 e. The van der Waals surface area contributed by atoms with Crippen LogP contribution in [0.3, 0.4) is 0 Å². The Morgan fingerprint density at radius 3 is 1.85 bits per heavy atom. The SMILES string of the molecule is O=S(=O)(O)c1cc(COCCC(O)(C(F)(F)F)C(F)(F)F)cc2c(C(F)(F)F)c(F)c(O)cc12. The third-order valence-corrected chi connectivity index (χ3v) is 5.47. The lowest BCUT2D eigenvalue weighted by molar-refractivity contribution is -0.371. The highest BCUT2D eigenvalue weighted by atomic mass is 32.2. The molecule has 0 aliphatic carbocycles. The molecule has 2 aromatic rings. The highest BCUT2D eigenvalue weighted by Gasteiger charge is 2.69. The van der Waals surface area contributed by atoms with Crippen molar-refractivity contribution in [1.82, 2.24) is 0 Å². The molecule has 17 heteroatoms. The van der Waals surface area contributed by atoms with E-state index >= 15 is 0 Å². The van der Waals surface area contributed by atoms with Crippen molar-refractivity contribution in [3.63, 3.8) is 0 Å². The first-order valence-electron chi connectivity index (χ1n) is 8.57. The summed E-state index contributed by atoms with van der Waals surface area (Å²) in [4.78, 5) is -1.29. The molecular formula is C17H12F10O6S. The van der Waals surface area contributed by atoms with Crippen LogP contribution in [0, 0.1) is 5.82 Å². The number of aliphatic hydroxyl groups is 1. The van der Waals surface area contributed by atoms with Crippen molar-refractivity contribution in [2.24, 2.45) is 0 Å². The molecule has 0 radical (unpaired) electrons. The topological polar surface area (TPSA) is 104 Å². The van der Waals surface area contributed by atoms with Crippen LogP contribution < -0.4 is 0 Å². The number of phenols is 1. The second-order valence-electron chi connectivity index (χ2n) is 6.90. The summed E-state index contributed by atoms with van der Waals surface area (Å²) in [6, 6.07) is 1.17. The van der Waals surface area contributed by atoms with Gasteiger partial charge in [0.15, 0.2) is 11.6 Å². The number of aromatic hydroxyl groups is 1. The van der Waals surface area contributed by atoms with E-state index in [0.29, 0.717) is 12.1 Å². The Morgan fingerprint density at radius 2 is 1.41 bits per heavy atom. The molecule has 6 nitrogen and oxygen atoms in total. The maximum absolute atomic E-state index is 14.0. The normalized spacial score (nSPS) is 14.1. The van der Waals surface area contributed by atoms with Crippen LogP contribution in [0.25, 0.3) is 10.8 Å². The van der Waals surface area contributed by atoms with Crippen molar-refractivity contribution in [2.45, 2.75) is 42.1 Å². The number of hydrogen-bond donors (Lipinski definition) is 3. The molecule has 0 aromatic heterocycles. The Balaban J connectivity index is 2.50. The fourth-order valence-electron chi connectivity index (χ4n) is 2.91. The Labute approximate surface area is 183 Å². The number of fused-ring (bicyclic) bond motifs is 1. The second kappa shape index (κ2) is 8.69. The van der Waals surface area contributed by atoms with Gasteiger partial charge in [0.2, 0.25) is 0 Å². The number of hydrogen-bond acceptors (Lipinski definition) is 5. The van der Waals surface area contributed by atoms with Crippen LogP contribution in [-0.4, -0.2) is 47.7 Å². The minimum atomic E-state index is -6.16. The molecule has 0 aliphatic heterocycles. The van der Waals surface area contributed by atoms with Gasteiger partial charge >= 0.3 is 18.5 Å². The number of halogens is 10. The molecule has 2 aromatic carbocycles. The third-order valence-electron chi connectivity index (χ3n) is 4.57. The van der Waals surface area contributed by atoms with Gasteiger partial charge in [0.05, 0.1) is 13.2 Å². The van der Waals surface area contributed by atoms with Crippen LogP contribution in [0.15, 0.2) is 23.1 Å². The van der Waals surface area contributed by atoms with E-state index in [1.165, 1.54) is 0 Å². The first kappa shape index (κ1) is 27.9. The van der Waals surface area contributed by atoms with Crippen LogP contribution >= 0.6 is 0 Å². The molecule has 0 amide bonds. The molecule has 0 saturated heterocycles. The summed E-state index contributed by atoms with van der Waals surface area (Å²) in [6.45, 7) is -2.56. The molecule has 0 spiro atoms. The van der Waals surface area contributed by atoms with Gasteiger partial charge in [0, 0.05) is 11.8 Å². The fourth-order valence-corrected chi connectivity index (χ4v) is 3.66. The third kappa shape index (κ3) is 5.31. The van der Waals surface area contributed by atoms with Gasteiger partial charge in [0.1, 0.15) is 10.5 Å². The van der Waals surface area contributed by atoms with Gasteiger partial charge in [-0.15, -0.1) is 0 Å². The van der Waals surface area contributed by atoms with E-state index in [4.69, 9.17) is 5.11 Å². The van der Waals surface area contributed by atoms with Gasteiger partial charge < -0.3 is 14.9 Å². The molecule has 192 valence electrons. The average molecular weight is 534 g/mol. The molecule has 0 unspecified atom stereocenters. The number of benzene rings is 2. The summed E-state index contributed by atoms with van der Waals surface area (Å²) in [6.07, 6.45) is -19.9. The van der Waals surface area contributed by atoms with Crippen LogP contribution in [0.1, 0.15) is 17.5 Å². The van der Waals surface area contributed by atoms with Crippen LogP contribution in [0.2, 0.25) is 0 Å². The zero-order valence-electron chi connectivity index (χ0n) is 16.1. The molecule has 0 fully saturated rings. The minimum absolute atomic E-state index is 0.264. The van der Waals surface area contributed by atoms with Crippen molar-refractivity contribution < 1.29 is 71.8 Å². The van der Waals surface area contributed by atoms with Crippen molar-refractivity contribution >= 4 is 20.9 Å². The Morgan fingerprint density at radius 1 is 0.882 bits per heavy atom. The predicted molar refractivity (Wildman–Crippen MR) is 91.7 cm³/mol. The zero-order valence-corrected chi connectivity index (χ0v) is 16.9. The Bertz CT molecular complexity index is 1170. The van der Waals surface area contributed by atoms with E-state index in [1.807, 2.05) is 0 Å². The summed E-state index contributed by atoms with van der Waals surface area (Å²) < 4.78 is 167. The quantitative estimate of drug-likeness (QED) is 0.282. The fraction of sp³-hybridized carbons (Fsp3) is 0.412. The number of ether oxygens (including phenoxy) is 1. The van der Waals surface area contributed by atoms with Crippen LogP contribution in [0.4, 0.5) is 43.9 Å². The predicted octanol–water partition coefficient (Wildman–Crippen LogP) is 4.71. The van der Waals surface area contributed by atoms with Gasteiger partial charge in [0.25, 0.3) is 15.7 Å². The molecule has 0 bridgehead atoms. The summed E-state index contributed by atoms with van der Waals surface area (Å²) in [5, 5.41) is 16.2. The highest BCUT2D eigenvalue weighted by molar-refractivity contribution is 7.86. The summed E-state index contributed by atoms with van der Waals surface area (Å²) in [7, 11) is -5.33. The lowest BCUT2D eigenvalue weighted by Gasteiger charge is -2.32. The minimum Gasteiger partial charge on any atom is -0.505 e. The molecule has 0 saturated carbocycles. The van der Waals surface area contributed by atoms with E-state index in [0.717, 1.165) is 0 Å². The molecule has 0 aliphatic rings. The standard InChI is InChI=1S/C17H12F10O6S/c18-13-10(28)5-8-9(12(13)15(19,20)21)3-7(4-11(8)34(30,31)32)6-33-2-1-14(29,16(22,23)24)17(25,26)27/h3-5,28-29H,1-2,6H2,(H,30,31,32). The molecule has 0 atom stereocenters. The van der Waals surface area contributed by atoms with Gasteiger partial charge in [-0.1, -0.05) is 0 Å². The van der Waals surface area contributed by atoms with Crippen molar-refractivity contribution in [3.8, 4) is 5.75 Å². The summed E-state index contributed by atoms with van der Waals surface area (Å²) in [5.74, 6) is -3.83. The van der Waals surface area contributed by atoms with Crippen molar-refractivity contribution in [2.75, 3.05) is 6.61 Å². The van der Waals surface area contributed by atoms with E-state index in [2.05, 4.69) is 4.74 Å². The number of phenolic OH excluding ortho intramolecular Hbond substituents is 1. The maximum Gasteiger partial charge on any atom is 0.426 e. The maximum atomic E-state index is 14.0. The van der Waals surface area contributed by atoms with E-state index < -0.39 is 92.2 Å². The number of rotatable bonds is 6. The molecule has 34 heavy (non-hydrogen) atoms. The van der Waals surface area contributed by atoms with Gasteiger partial charge in [-0.3, -0.25) is 4.55 Å². The van der Waals surface area contributed by atoms with E-state index in [9.17, 15) is 62.0 Å². The van der Waals surface area contributed by atoms with Crippen molar-refractivity contribution in [1.29, 1.82) is 0 Å². The average Bonchev–Trinajstić information content (AvgIpc) is 2.61. The lowest BCUT2D eigenvalue weighted by atomic mass is 9.99. The Kier molecular flexibility index (Phi) is 7.12. The number of alkyl halides is 9. The molecular weight excluding hydrogens is 522 g/mol. The summed E-state index contributed by atoms with van der Waals surface area (Å²) >= 11 is 0. The van der Waals surface area contributed by atoms with E-state index in [1.54, 1.807) is 0 Å². The first-order valence-corrected chi connectivity index (χ1v) is 10.0. The lowest BCUT2D eigenvalue weighted by Crippen LogP contribution is -2.57. The first-order chi connectivity index (χ1) is 15.1. The molecule has 2 rings (SSSR count). The molecule has 0 heterocycles. The van der Waals surface area contributed by atoms with E-state index in [-0.39, 0.29) is 6.07 Å². The monoisotopic (exact) mass is 534 g/mol. The van der Waals surface area contributed by atoms with Gasteiger partial charge in [-0.25, -0.2) is 4.39 Å². The highest BCUT2D eigenvalue weighted by Crippen LogP contribution is 2.45.